The molecule has 8 heteroatoms. The Labute approximate surface area is 231 Å². The molecule has 1 fully saturated rings. The van der Waals surface area contributed by atoms with Gasteiger partial charge in [-0.3, -0.25) is 4.79 Å². The van der Waals surface area contributed by atoms with Crippen molar-refractivity contribution in [2.45, 2.75) is 55.4 Å². The number of halogens is 1. The normalized spacial score (nSPS) is 16.5. The average Bonchev–Trinajstić information content (AvgIpc) is 2.91. The van der Waals surface area contributed by atoms with Crippen LogP contribution in [0, 0.1) is 5.82 Å². The number of carbonyl (C=O) groups is 1. The second-order valence-corrected chi connectivity index (χ2v) is 12.5. The molecule has 2 unspecified atom stereocenters. The number of nitrogen functional groups attached to an aromatic ring is 1. The Kier molecular flexibility index (Phi) is 9.40. The molecular formula is C31H38FN3O3S. The summed E-state index contributed by atoms with van der Waals surface area (Å²) in [4.78, 5) is 15.8. The lowest BCUT2D eigenvalue weighted by molar-refractivity contribution is -0.123. The minimum absolute atomic E-state index is 0.0161. The number of nitrogens with one attached hydrogen (secondary N) is 1. The van der Waals surface area contributed by atoms with Gasteiger partial charge in [-0.2, -0.15) is 0 Å². The number of sulfone groups is 1. The van der Waals surface area contributed by atoms with Crippen molar-refractivity contribution in [3.05, 3.63) is 95.3 Å². The van der Waals surface area contributed by atoms with Crippen LogP contribution in [-0.2, 0) is 14.6 Å². The maximum Gasteiger partial charge on any atom is 0.227 e. The summed E-state index contributed by atoms with van der Waals surface area (Å²) in [5.74, 6) is -0.500. The van der Waals surface area contributed by atoms with Gasteiger partial charge >= 0.3 is 0 Å². The molecule has 1 aliphatic rings. The lowest BCUT2D eigenvalue weighted by Crippen LogP contribution is -2.46. The Morgan fingerprint density at radius 1 is 1.00 bits per heavy atom. The van der Waals surface area contributed by atoms with Crippen LogP contribution in [0.2, 0.25) is 0 Å². The molecule has 2 atom stereocenters. The van der Waals surface area contributed by atoms with E-state index in [-0.39, 0.29) is 34.5 Å². The molecule has 0 bridgehead atoms. The fourth-order valence-corrected chi connectivity index (χ4v) is 6.04. The highest BCUT2D eigenvalue weighted by Gasteiger charge is 2.26. The molecule has 0 aliphatic carbocycles. The van der Waals surface area contributed by atoms with E-state index in [2.05, 4.69) is 10.2 Å². The molecule has 3 N–H and O–H groups in total. The van der Waals surface area contributed by atoms with Crippen molar-refractivity contribution in [2.75, 3.05) is 31.6 Å². The molecule has 3 aromatic rings. The molecule has 1 amide bonds. The summed E-state index contributed by atoms with van der Waals surface area (Å²) in [5, 5.41) is 3.22. The highest BCUT2D eigenvalue weighted by molar-refractivity contribution is 7.90. The number of likely N-dealkylation sites (tertiary alicyclic amines) is 1. The van der Waals surface area contributed by atoms with Gasteiger partial charge in [0.05, 0.1) is 10.8 Å². The van der Waals surface area contributed by atoms with Crippen LogP contribution in [0.4, 0.5) is 10.1 Å². The van der Waals surface area contributed by atoms with Gasteiger partial charge in [0.15, 0.2) is 9.84 Å². The second-order valence-electron chi connectivity index (χ2n) is 10.5. The monoisotopic (exact) mass is 551 g/mol. The molecule has 1 heterocycles. The standard InChI is InChI=1S/C31H38FN3O3S/c1-3-29(22-9-13-28(14-10-22)39(2,37)38)31(36)34-27-15-18-35(19-16-27)20-17-30(23-7-11-26(33)12-8-23)24-5-4-6-25(32)21-24/h4-14,21,27,29-30H,3,15-20,33H2,1-2H3,(H,34,36). The summed E-state index contributed by atoms with van der Waals surface area (Å²) in [7, 11) is -3.27. The van der Waals surface area contributed by atoms with E-state index in [1.54, 1.807) is 36.4 Å². The van der Waals surface area contributed by atoms with E-state index >= 15 is 0 Å². The Hall–Kier alpha value is -3.23. The molecule has 1 aliphatic heterocycles. The molecule has 0 spiro atoms. The largest absolute Gasteiger partial charge is 0.399 e. The fourth-order valence-electron chi connectivity index (χ4n) is 5.41. The predicted octanol–water partition coefficient (Wildman–Crippen LogP) is 5.11. The van der Waals surface area contributed by atoms with Crippen LogP contribution >= 0.6 is 0 Å². The van der Waals surface area contributed by atoms with Crippen LogP contribution in [0.15, 0.2) is 77.7 Å². The molecule has 39 heavy (non-hydrogen) atoms. The highest BCUT2D eigenvalue weighted by Crippen LogP contribution is 2.30. The number of piperidine rings is 1. The van der Waals surface area contributed by atoms with Crippen molar-refractivity contribution in [3.8, 4) is 0 Å². The minimum atomic E-state index is -3.27. The van der Waals surface area contributed by atoms with E-state index in [1.807, 2.05) is 37.3 Å². The number of amides is 1. The summed E-state index contributed by atoms with van der Waals surface area (Å²) in [6, 6.07) is 21.4. The Balaban J connectivity index is 1.32. The molecular weight excluding hydrogens is 513 g/mol. The zero-order chi connectivity index (χ0) is 28.0. The van der Waals surface area contributed by atoms with E-state index in [4.69, 9.17) is 5.73 Å². The van der Waals surface area contributed by atoms with E-state index < -0.39 is 9.84 Å². The summed E-state index contributed by atoms with van der Waals surface area (Å²) < 4.78 is 37.5. The van der Waals surface area contributed by atoms with Crippen molar-refractivity contribution < 1.29 is 17.6 Å². The summed E-state index contributed by atoms with van der Waals surface area (Å²) in [6.45, 7) is 4.59. The maximum absolute atomic E-state index is 14.0. The number of carbonyl (C=O) groups excluding carboxylic acids is 1. The Morgan fingerprint density at radius 2 is 1.64 bits per heavy atom. The van der Waals surface area contributed by atoms with Crippen molar-refractivity contribution in [2.24, 2.45) is 0 Å². The van der Waals surface area contributed by atoms with Gasteiger partial charge in [-0.25, -0.2) is 12.8 Å². The minimum Gasteiger partial charge on any atom is -0.399 e. The SMILES string of the molecule is CCC(C(=O)NC1CCN(CCC(c2ccc(N)cc2)c2cccc(F)c2)CC1)c1ccc(S(C)(=O)=O)cc1. The van der Waals surface area contributed by atoms with E-state index in [0.29, 0.717) is 12.1 Å². The zero-order valence-corrected chi connectivity index (χ0v) is 23.5. The van der Waals surface area contributed by atoms with Gasteiger partial charge in [0.2, 0.25) is 5.91 Å². The molecule has 0 saturated carbocycles. The third-order valence-corrected chi connectivity index (χ3v) is 8.82. The number of benzene rings is 3. The lowest BCUT2D eigenvalue weighted by atomic mass is 9.88. The molecule has 208 valence electrons. The van der Waals surface area contributed by atoms with E-state index in [0.717, 1.165) is 55.6 Å². The average molecular weight is 552 g/mol. The first-order valence-corrected chi connectivity index (χ1v) is 15.5. The lowest BCUT2D eigenvalue weighted by Gasteiger charge is -2.34. The summed E-state index contributed by atoms with van der Waals surface area (Å²) in [5.41, 5.74) is 9.49. The second kappa shape index (κ2) is 12.7. The first-order chi connectivity index (χ1) is 18.6. The third-order valence-electron chi connectivity index (χ3n) is 7.69. The topological polar surface area (TPSA) is 92.5 Å². The van der Waals surface area contributed by atoms with Gasteiger partial charge in [-0.1, -0.05) is 43.3 Å². The number of hydrogen-bond donors (Lipinski definition) is 2. The van der Waals surface area contributed by atoms with Crippen molar-refractivity contribution in [3.63, 3.8) is 0 Å². The highest BCUT2D eigenvalue weighted by atomic mass is 32.2. The zero-order valence-electron chi connectivity index (χ0n) is 22.6. The van der Waals surface area contributed by atoms with Gasteiger partial charge in [0, 0.05) is 37.0 Å². The number of rotatable bonds is 10. The summed E-state index contributed by atoms with van der Waals surface area (Å²) >= 11 is 0. The number of anilines is 1. The smallest absolute Gasteiger partial charge is 0.227 e. The Bertz CT molecular complexity index is 1350. The van der Waals surface area contributed by atoms with E-state index in [9.17, 15) is 17.6 Å². The van der Waals surface area contributed by atoms with Crippen molar-refractivity contribution in [1.29, 1.82) is 0 Å². The van der Waals surface area contributed by atoms with Crippen LogP contribution in [-0.4, -0.2) is 51.2 Å². The van der Waals surface area contributed by atoms with Gasteiger partial charge in [0.25, 0.3) is 0 Å². The quantitative estimate of drug-likeness (QED) is 0.342. The van der Waals surface area contributed by atoms with E-state index in [1.165, 1.54) is 12.3 Å². The molecule has 0 aromatic heterocycles. The first-order valence-electron chi connectivity index (χ1n) is 13.6. The van der Waals surface area contributed by atoms with Gasteiger partial charge < -0.3 is 16.0 Å². The predicted molar refractivity (Wildman–Crippen MR) is 154 cm³/mol. The van der Waals surface area contributed by atoms with Crippen LogP contribution in [0.5, 0.6) is 0 Å². The number of hydrogen-bond acceptors (Lipinski definition) is 5. The number of nitrogens with two attached hydrogens (primary N) is 1. The van der Waals surface area contributed by atoms with Crippen molar-refractivity contribution >= 4 is 21.4 Å². The third kappa shape index (κ3) is 7.67. The number of nitrogens with zero attached hydrogens (tertiary/aromatic N) is 1. The van der Waals surface area contributed by atoms with Gasteiger partial charge in [-0.05, 0) is 85.3 Å². The Morgan fingerprint density at radius 3 is 2.23 bits per heavy atom. The van der Waals surface area contributed by atoms with Gasteiger partial charge in [0.1, 0.15) is 5.82 Å². The molecule has 6 nitrogen and oxygen atoms in total. The molecule has 3 aromatic carbocycles. The fraction of sp³-hybridized carbons (Fsp3) is 0.387. The molecule has 0 radical (unpaired) electrons. The van der Waals surface area contributed by atoms with Crippen LogP contribution in [0.25, 0.3) is 0 Å². The summed E-state index contributed by atoms with van der Waals surface area (Å²) in [6.07, 6.45) is 4.39. The van der Waals surface area contributed by atoms with Crippen molar-refractivity contribution in [1.82, 2.24) is 10.2 Å². The first kappa shape index (κ1) is 28.8. The van der Waals surface area contributed by atoms with Crippen LogP contribution in [0.3, 0.4) is 0 Å². The van der Waals surface area contributed by atoms with Crippen LogP contribution < -0.4 is 11.1 Å². The molecule has 4 rings (SSSR count). The maximum atomic E-state index is 14.0. The van der Waals surface area contributed by atoms with Crippen LogP contribution in [0.1, 0.15) is 61.1 Å². The van der Waals surface area contributed by atoms with Gasteiger partial charge in [-0.15, -0.1) is 0 Å². The molecule has 1 saturated heterocycles.